The lowest BCUT2D eigenvalue weighted by Crippen LogP contribution is -2.13. The molecule has 0 aliphatic rings. The predicted octanol–water partition coefficient (Wildman–Crippen LogP) is 3.81. The van der Waals surface area contributed by atoms with Crippen LogP contribution in [0.1, 0.15) is 16.7 Å². The fourth-order valence-electron chi connectivity index (χ4n) is 2.33. The van der Waals surface area contributed by atoms with Gasteiger partial charge in [-0.25, -0.2) is 10.1 Å². The van der Waals surface area contributed by atoms with E-state index in [1.807, 2.05) is 30.3 Å². The van der Waals surface area contributed by atoms with E-state index in [9.17, 15) is 0 Å². The molecular formula is C18H19BrN6OS. The second kappa shape index (κ2) is 8.92. The van der Waals surface area contributed by atoms with Crippen molar-refractivity contribution in [3.05, 3.63) is 63.6 Å². The van der Waals surface area contributed by atoms with E-state index in [1.165, 1.54) is 27.6 Å². The molecule has 3 rings (SSSR count). The Kier molecular flexibility index (Phi) is 6.36. The predicted molar refractivity (Wildman–Crippen MR) is 113 cm³/mol. The van der Waals surface area contributed by atoms with Gasteiger partial charge in [-0.05, 0) is 36.2 Å². The van der Waals surface area contributed by atoms with Crippen LogP contribution in [0.3, 0.4) is 0 Å². The van der Waals surface area contributed by atoms with E-state index in [4.69, 9.17) is 10.6 Å². The van der Waals surface area contributed by atoms with Gasteiger partial charge in [0.2, 0.25) is 5.16 Å². The van der Waals surface area contributed by atoms with E-state index >= 15 is 0 Å². The minimum atomic E-state index is 0.354. The topological polar surface area (TPSA) is 90.3 Å². The maximum Gasteiger partial charge on any atom is 0.264 e. The summed E-state index contributed by atoms with van der Waals surface area (Å²) in [4.78, 5) is 0. The molecule has 140 valence electrons. The van der Waals surface area contributed by atoms with Crippen molar-refractivity contribution in [3.63, 3.8) is 0 Å². The lowest BCUT2D eigenvalue weighted by atomic mass is 10.1. The molecule has 0 aliphatic heterocycles. The van der Waals surface area contributed by atoms with Gasteiger partial charge in [0.05, 0.1) is 13.3 Å². The second-order valence-electron chi connectivity index (χ2n) is 5.65. The number of hydrazone groups is 1. The molecule has 2 aromatic carbocycles. The molecule has 3 N–H and O–H groups in total. The first-order valence-electron chi connectivity index (χ1n) is 8.09. The number of hydrogen-bond acceptors (Lipinski definition) is 7. The van der Waals surface area contributed by atoms with Crippen molar-refractivity contribution in [1.82, 2.24) is 14.9 Å². The van der Waals surface area contributed by atoms with E-state index in [0.29, 0.717) is 16.9 Å². The summed E-state index contributed by atoms with van der Waals surface area (Å²) in [7, 11) is 1.61. The molecule has 0 spiro atoms. The van der Waals surface area contributed by atoms with Crippen molar-refractivity contribution in [2.45, 2.75) is 17.8 Å². The number of hydrogen-bond donors (Lipinski definition) is 2. The molecule has 9 heteroatoms. The Hall–Kier alpha value is -2.52. The summed E-state index contributed by atoms with van der Waals surface area (Å²) in [5, 5.41) is 12.9. The third-order valence-electron chi connectivity index (χ3n) is 3.84. The molecule has 0 bridgehead atoms. The number of anilines is 1. The Morgan fingerprint density at radius 2 is 2.11 bits per heavy atom. The number of nitrogens with one attached hydrogen (secondary N) is 1. The van der Waals surface area contributed by atoms with Gasteiger partial charge >= 0.3 is 0 Å². The van der Waals surface area contributed by atoms with Crippen molar-refractivity contribution in [3.8, 4) is 5.75 Å². The van der Waals surface area contributed by atoms with Crippen molar-refractivity contribution >= 4 is 39.9 Å². The normalized spacial score (nSPS) is 11.1. The molecule has 1 heterocycles. The third-order valence-corrected chi connectivity index (χ3v) is 5.33. The minimum Gasteiger partial charge on any atom is -0.496 e. The van der Waals surface area contributed by atoms with E-state index in [2.05, 4.69) is 55.7 Å². The number of nitrogens with two attached hydrogens (primary N) is 1. The van der Waals surface area contributed by atoms with E-state index < -0.39 is 0 Å². The SMILES string of the molecule is COc1ccc(Br)cc1/C=N/Nc1nnc(SCc2ccccc2C)n1N. The standard InChI is InChI=1S/C18H19BrN6OS/c1-12-5-3-4-6-13(12)11-27-18-24-23-17(25(18)20)22-21-10-14-9-15(19)7-8-16(14)26-2/h3-10H,11,20H2,1-2H3,(H,22,23)/b21-10+. The largest absolute Gasteiger partial charge is 0.496 e. The molecule has 0 amide bonds. The van der Waals surface area contributed by atoms with Crippen LogP contribution < -0.4 is 16.0 Å². The summed E-state index contributed by atoms with van der Waals surface area (Å²) >= 11 is 4.95. The molecule has 3 aromatic rings. The van der Waals surface area contributed by atoms with Gasteiger partial charge in [-0.3, -0.25) is 0 Å². The van der Waals surface area contributed by atoms with Crippen LogP contribution in [-0.4, -0.2) is 28.2 Å². The van der Waals surface area contributed by atoms with Gasteiger partial charge in [0.15, 0.2) is 0 Å². The highest BCUT2D eigenvalue weighted by molar-refractivity contribution is 9.10. The van der Waals surface area contributed by atoms with E-state index in [0.717, 1.165) is 15.8 Å². The average Bonchev–Trinajstić information content (AvgIpc) is 3.01. The van der Waals surface area contributed by atoms with Crippen LogP contribution >= 0.6 is 27.7 Å². The lowest BCUT2D eigenvalue weighted by Gasteiger charge is -2.06. The zero-order chi connectivity index (χ0) is 19.2. The van der Waals surface area contributed by atoms with Crippen LogP contribution in [-0.2, 0) is 5.75 Å². The van der Waals surface area contributed by atoms with Gasteiger partial charge in [-0.15, -0.1) is 10.2 Å². The number of aryl methyl sites for hydroxylation is 1. The maximum atomic E-state index is 6.07. The van der Waals surface area contributed by atoms with Gasteiger partial charge in [0.25, 0.3) is 5.95 Å². The molecule has 0 unspecified atom stereocenters. The van der Waals surface area contributed by atoms with E-state index in [-0.39, 0.29) is 0 Å². The smallest absolute Gasteiger partial charge is 0.264 e. The number of benzene rings is 2. The van der Waals surface area contributed by atoms with Crippen molar-refractivity contribution in [2.75, 3.05) is 18.4 Å². The first-order chi connectivity index (χ1) is 13.1. The number of nitrogens with zero attached hydrogens (tertiary/aromatic N) is 4. The number of aromatic nitrogens is 3. The van der Waals surface area contributed by atoms with Gasteiger partial charge < -0.3 is 10.6 Å². The number of methoxy groups -OCH3 is 1. The molecule has 0 aliphatic carbocycles. The summed E-state index contributed by atoms with van der Waals surface area (Å²) in [5.74, 6) is 7.90. The minimum absolute atomic E-state index is 0.354. The molecule has 0 saturated heterocycles. The first kappa shape index (κ1) is 19.2. The van der Waals surface area contributed by atoms with Gasteiger partial charge in [-0.2, -0.15) is 5.10 Å². The molecule has 0 fully saturated rings. The Labute approximate surface area is 170 Å². The number of nitrogen functional groups attached to an aromatic ring is 1. The van der Waals surface area contributed by atoms with Crippen LogP contribution in [0.4, 0.5) is 5.95 Å². The number of ether oxygens (including phenoxy) is 1. The highest BCUT2D eigenvalue weighted by Gasteiger charge is 2.10. The van der Waals surface area contributed by atoms with Gasteiger partial charge in [-0.1, -0.05) is 52.0 Å². The quantitative estimate of drug-likeness (QED) is 0.248. The zero-order valence-corrected chi connectivity index (χ0v) is 17.3. The number of rotatable bonds is 7. The highest BCUT2D eigenvalue weighted by Crippen LogP contribution is 2.24. The van der Waals surface area contributed by atoms with Crippen LogP contribution in [0.5, 0.6) is 5.75 Å². The molecular weight excluding hydrogens is 428 g/mol. The molecule has 27 heavy (non-hydrogen) atoms. The zero-order valence-electron chi connectivity index (χ0n) is 14.9. The summed E-state index contributed by atoms with van der Waals surface area (Å²) in [6, 6.07) is 13.9. The summed E-state index contributed by atoms with van der Waals surface area (Å²) < 4.78 is 7.63. The fourth-order valence-corrected chi connectivity index (χ4v) is 3.64. The number of thioether (sulfide) groups is 1. The van der Waals surface area contributed by atoms with E-state index in [1.54, 1.807) is 13.3 Å². The first-order valence-corrected chi connectivity index (χ1v) is 9.86. The van der Waals surface area contributed by atoms with Gasteiger partial charge in [0.1, 0.15) is 5.75 Å². The van der Waals surface area contributed by atoms with Crippen molar-refractivity contribution in [1.29, 1.82) is 0 Å². The summed E-state index contributed by atoms with van der Waals surface area (Å²) in [5.41, 5.74) is 6.10. The Morgan fingerprint density at radius 3 is 2.89 bits per heavy atom. The van der Waals surface area contributed by atoms with Crippen LogP contribution in [0.25, 0.3) is 0 Å². The molecule has 0 saturated carbocycles. The van der Waals surface area contributed by atoms with Crippen LogP contribution in [0.15, 0.2) is 57.2 Å². The summed E-state index contributed by atoms with van der Waals surface area (Å²) in [6.07, 6.45) is 1.64. The summed E-state index contributed by atoms with van der Waals surface area (Å²) in [6.45, 7) is 2.08. The Morgan fingerprint density at radius 1 is 1.30 bits per heavy atom. The monoisotopic (exact) mass is 446 g/mol. The maximum absolute atomic E-state index is 6.07. The third kappa shape index (κ3) is 4.81. The van der Waals surface area contributed by atoms with Gasteiger partial charge in [0, 0.05) is 15.8 Å². The molecule has 7 nitrogen and oxygen atoms in total. The second-order valence-corrected chi connectivity index (χ2v) is 7.51. The Balaban J connectivity index is 1.65. The van der Waals surface area contributed by atoms with Crippen LogP contribution in [0.2, 0.25) is 0 Å². The fraction of sp³-hybridized carbons (Fsp3) is 0.167. The molecule has 0 radical (unpaired) electrons. The average molecular weight is 447 g/mol. The Bertz CT molecular complexity index is 959. The molecule has 0 atom stereocenters. The van der Waals surface area contributed by atoms with Crippen LogP contribution in [0, 0.1) is 6.92 Å². The van der Waals surface area contributed by atoms with Crippen molar-refractivity contribution < 1.29 is 4.74 Å². The highest BCUT2D eigenvalue weighted by atomic mass is 79.9. The van der Waals surface area contributed by atoms with Crippen molar-refractivity contribution in [2.24, 2.45) is 5.10 Å². The lowest BCUT2D eigenvalue weighted by molar-refractivity contribution is 0.414. The number of halogens is 1. The molecule has 1 aromatic heterocycles.